The molecule has 6 heteroatoms. The van der Waals surface area contributed by atoms with Gasteiger partial charge in [-0.3, -0.25) is 9.67 Å². The van der Waals surface area contributed by atoms with Crippen molar-refractivity contribution >= 4 is 6.03 Å². The van der Waals surface area contributed by atoms with E-state index in [4.69, 9.17) is 0 Å². The van der Waals surface area contributed by atoms with Crippen molar-refractivity contribution < 1.29 is 4.79 Å². The van der Waals surface area contributed by atoms with Gasteiger partial charge in [-0.25, -0.2) is 4.79 Å². The monoisotopic (exact) mass is 321 g/mol. The lowest BCUT2D eigenvalue weighted by Gasteiger charge is -2.06. The van der Waals surface area contributed by atoms with Gasteiger partial charge in [0.15, 0.2) is 0 Å². The first kappa shape index (κ1) is 15.7. The van der Waals surface area contributed by atoms with Crippen LogP contribution in [0.15, 0.2) is 67.1 Å². The fourth-order valence-corrected chi connectivity index (χ4v) is 2.27. The summed E-state index contributed by atoms with van der Waals surface area (Å²) in [5, 5.41) is 9.91. The highest BCUT2D eigenvalue weighted by atomic mass is 16.2. The first-order valence-corrected chi connectivity index (χ1v) is 7.76. The molecule has 2 heterocycles. The molecule has 6 nitrogen and oxygen atoms in total. The molecule has 0 unspecified atom stereocenters. The molecule has 3 rings (SSSR count). The molecule has 2 aromatic heterocycles. The maximum absolute atomic E-state index is 11.8. The van der Waals surface area contributed by atoms with Crippen molar-refractivity contribution in [3.63, 3.8) is 0 Å². The van der Waals surface area contributed by atoms with Crippen molar-refractivity contribution in [2.45, 2.75) is 19.6 Å². The zero-order valence-electron chi connectivity index (χ0n) is 13.2. The number of carbonyl (C=O) groups excluding carboxylic acids is 1. The molecule has 0 atom stereocenters. The van der Waals surface area contributed by atoms with Crippen LogP contribution in [0.3, 0.4) is 0 Å². The van der Waals surface area contributed by atoms with E-state index >= 15 is 0 Å². The van der Waals surface area contributed by atoms with Crippen molar-refractivity contribution in [3.05, 3.63) is 83.9 Å². The van der Waals surface area contributed by atoms with Crippen LogP contribution >= 0.6 is 0 Å². The van der Waals surface area contributed by atoms with Gasteiger partial charge in [0.2, 0.25) is 0 Å². The molecule has 0 aliphatic heterocycles. The Morgan fingerprint density at radius 1 is 0.958 bits per heavy atom. The Morgan fingerprint density at radius 3 is 2.54 bits per heavy atom. The van der Waals surface area contributed by atoms with Crippen LogP contribution in [0.25, 0.3) is 0 Å². The third kappa shape index (κ3) is 4.67. The number of nitrogens with zero attached hydrogens (tertiary/aromatic N) is 3. The Morgan fingerprint density at radius 2 is 1.75 bits per heavy atom. The van der Waals surface area contributed by atoms with E-state index in [1.165, 1.54) is 5.56 Å². The largest absolute Gasteiger partial charge is 0.334 e. The van der Waals surface area contributed by atoms with E-state index in [0.29, 0.717) is 19.6 Å². The Bertz CT molecular complexity index is 770. The molecule has 2 amide bonds. The van der Waals surface area contributed by atoms with E-state index in [-0.39, 0.29) is 6.03 Å². The van der Waals surface area contributed by atoms with Crippen LogP contribution in [0, 0.1) is 0 Å². The molecule has 0 fully saturated rings. The first-order valence-electron chi connectivity index (χ1n) is 7.76. The minimum Gasteiger partial charge on any atom is -0.334 e. The molecule has 0 radical (unpaired) electrons. The Labute approximate surface area is 140 Å². The number of hydrogen-bond donors (Lipinski definition) is 2. The molecule has 0 saturated carbocycles. The number of urea groups is 1. The Kier molecular flexibility index (Phi) is 5.19. The summed E-state index contributed by atoms with van der Waals surface area (Å²) in [6.45, 7) is 1.55. The number of carbonyl (C=O) groups is 1. The van der Waals surface area contributed by atoms with E-state index in [0.717, 1.165) is 11.3 Å². The number of aromatic nitrogens is 3. The van der Waals surface area contributed by atoms with E-state index in [1.807, 2.05) is 47.3 Å². The van der Waals surface area contributed by atoms with Gasteiger partial charge in [-0.05, 0) is 17.7 Å². The number of hydrogen-bond acceptors (Lipinski definition) is 3. The normalized spacial score (nSPS) is 10.3. The van der Waals surface area contributed by atoms with Gasteiger partial charge in [-0.2, -0.15) is 5.10 Å². The summed E-state index contributed by atoms with van der Waals surface area (Å²) in [5.41, 5.74) is 2.97. The lowest BCUT2D eigenvalue weighted by Crippen LogP contribution is -2.34. The van der Waals surface area contributed by atoms with Crippen LogP contribution in [-0.2, 0) is 19.6 Å². The van der Waals surface area contributed by atoms with Crippen LogP contribution < -0.4 is 10.6 Å². The second-order valence-electron chi connectivity index (χ2n) is 5.39. The Hall–Kier alpha value is -3.15. The molecule has 0 aliphatic carbocycles. The fourth-order valence-electron chi connectivity index (χ4n) is 2.27. The molecule has 0 aliphatic rings. The quantitative estimate of drug-likeness (QED) is 0.732. The van der Waals surface area contributed by atoms with Crippen molar-refractivity contribution in [1.29, 1.82) is 0 Å². The molecule has 122 valence electrons. The molecule has 24 heavy (non-hydrogen) atoms. The van der Waals surface area contributed by atoms with Crippen LogP contribution in [0.2, 0.25) is 0 Å². The fraction of sp³-hybridized carbons (Fsp3) is 0.167. The number of rotatable bonds is 6. The van der Waals surface area contributed by atoms with Gasteiger partial charge >= 0.3 is 6.03 Å². The summed E-state index contributed by atoms with van der Waals surface area (Å²) < 4.78 is 1.86. The minimum atomic E-state index is -0.225. The average Bonchev–Trinajstić information content (AvgIpc) is 3.07. The van der Waals surface area contributed by atoms with Gasteiger partial charge in [0, 0.05) is 24.5 Å². The summed E-state index contributed by atoms with van der Waals surface area (Å²) in [5.74, 6) is 0. The van der Waals surface area contributed by atoms with Gasteiger partial charge in [0.1, 0.15) is 0 Å². The predicted molar refractivity (Wildman–Crippen MR) is 91.1 cm³/mol. The summed E-state index contributed by atoms with van der Waals surface area (Å²) in [6.07, 6.45) is 5.41. The molecule has 1 aromatic carbocycles. The summed E-state index contributed by atoms with van der Waals surface area (Å²) in [6, 6.07) is 15.5. The predicted octanol–water partition coefficient (Wildman–Crippen LogP) is 2.33. The topological polar surface area (TPSA) is 71.8 Å². The van der Waals surface area contributed by atoms with Gasteiger partial charge < -0.3 is 10.6 Å². The van der Waals surface area contributed by atoms with Crippen LogP contribution in [0.4, 0.5) is 4.79 Å². The highest BCUT2D eigenvalue weighted by Crippen LogP contribution is 2.03. The zero-order valence-corrected chi connectivity index (χ0v) is 13.2. The smallest absolute Gasteiger partial charge is 0.315 e. The number of nitrogens with one attached hydrogen (secondary N) is 2. The van der Waals surface area contributed by atoms with Crippen molar-refractivity contribution in [3.8, 4) is 0 Å². The zero-order chi connectivity index (χ0) is 16.6. The van der Waals surface area contributed by atoms with E-state index in [1.54, 1.807) is 12.4 Å². The van der Waals surface area contributed by atoms with Gasteiger partial charge in [-0.15, -0.1) is 0 Å². The van der Waals surface area contributed by atoms with Crippen molar-refractivity contribution in [2.75, 3.05) is 0 Å². The molecule has 0 spiro atoms. The first-order chi connectivity index (χ1) is 11.8. The third-order valence-electron chi connectivity index (χ3n) is 3.48. The van der Waals surface area contributed by atoms with Crippen LogP contribution in [0.5, 0.6) is 0 Å². The van der Waals surface area contributed by atoms with Gasteiger partial charge in [0.25, 0.3) is 0 Å². The molecule has 0 saturated heterocycles. The van der Waals surface area contributed by atoms with Crippen LogP contribution in [-0.4, -0.2) is 20.8 Å². The van der Waals surface area contributed by atoms with Crippen LogP contribution in [0.1, 0.15) is 16.8 Å². The molecular formula is C18H19N5O. The second-order valence-corrected chi connectivity index (χ2v) is 5.39. The lowest BCUT2D eigenvalue weighted by molar-refractivity contribution is 0.240. The second kappa shape index (κ2) is 7.92. The average molecular weight is 321 g/mol. The molecule has 0 bridgehead atoms. The number of pyridine rings is 1. The standard InChI is InChI=1S/C18H19N5O/c24-18(21-12-17-8-4-5-9-19-17)20-10-16-11-22-23(14-16)13-15-6-2-1-3-7-15/h1-9,11,14H,10,12-13H2,(H2,20,21,24). The number of amides is 2. The highest BCUT2D eigenvalue weighted by molar-refractivity contribution is 5.73. The van der Waals surface area contributed by atoms with E-state index in [2.05, 4.69) is 32.8 Å². The molecular weight excluding hydrogens is 302 g/mol. The maximum Gasteiger partial charge on any atom is 0.315 e. The minimum absolute atomic E-state index is 0.225. The molecule has 3 aromatic rings. The van der Waals surface area contributed by atoms with E-state index < -0.39 is 0 Å². The lowest BCUT2D eigenvalue weighted by atomic mass is 10.2. The summed E-state index contributed by atoms with van der Waals surface area (Å²) in [7, 11) is 0. The summed E-state index contributed by atoms with van der Waals surface area (Å²) in [4.78, 5) is 16.0. The van der Waals surface area contributed by atoms with Crippen molar-refractivity contribution in [1.82, 2.24) is 25.4 Å². The van der Waals surface area contributed by atoms with Gasteiger partial charge in [-0.1, -0.05) is 36.4 Å². The van der Waals surface area contributed by atoms with Crippen molar-refractivity contribution in [2.24, 2.45) is 0 Å². The number of benzene rings is 1. The Balaban J connectivity index is 1.44. The van der Waals surface area contributed by atoms with Gasteiger partial charge in [0.05, 0.1) is 25.0 Å². The SMILES string of the molecule is O=C(NCc1cnn(Cc2ccccc2)c1)NCc1ccccn1. The van der Waals surface area contributed by atoms with E-state index in [9.17, 15) is 4.79 Å². The summed E-state index contributed by atoms with van der Waals surface area (Å²) >= 11 is 0. The maximum atomic E-state index is 11.8. The highest BCUT2D eigenvalue weighted by Gasteiger charge is 2.03. The molecule has 2 N–H and O–H groups in total. The third-order valence-corrected chi connectivity index (χ3v) is 3.48.